The van der Waals surface area contributed by atoms with Crippen molar-refractivity contribution in [2.75, 3.05) is 13.2 Å². The second-order valence-electron chi connectivity index (χ2n) is 7.34. The molecular formula is C19H24FN3O4. The van der Waals surface area contributed by atoms with E-state index < -0.39 is 17.5 Å². The smallest absolute Gasteiger partial charge is 0.410 e. The van der Waals surface area contributed by atoms with Crippen molar-refractivity contribution < 1.29 is 23.2 Å². The average Bonchev–Trinajstić information content (AvgIpc) is 3.23. The highest BCUT2D eigenvalue weighted by Gasteiger charge is 2.36. The number of halogens is 1. The van der Waals surface area contributed by atoms with Gasteiger partial charge in [-0.1, -0.05) is 11.2 Å². The van der Waals surface area contributed by atoms with Gasteiger partial charge in [0.05, 0.1) is 12.2 Å². The zero-order chi connectivity index (χ0) is 19.6. The monoisotopic (exact) mass is 377 g/mol. The second-order valence-corrected chi connectivity index (χ2v) is 7.34. The summed E-state index contributed by atoms with van der Waals surface area (Å²) in [6, 6.07) is 4.19. The fourth-order valence-corrected chi connectivity index (χ4v) is 3.02. The molecule has 1 atom stereocenters. The van der Waals surface area contributed by atoms with Gasteiger partial charge in [-0.15, -0.1) is 0 Å². The predicted octanol–water partition coefficient (Wildman–Crippen LogP) is 4.35. The van der Waals surface area contributed by atoms with Crippen LogP contribution >= 0.6 is 0 Å². The van der Waals surface area contributed by atoms with Crippen molar-refractivity contribution in [3.63, 3.8) is 0 Å². The molecule has 146 valence electrons. The van der Waals surface area contributed by atoms with Crippen molar-refractivity contribution >= 4 is 6.09 Å². The molecule has 0 saturated carbocycles. The molecular weight excluding hydrogens is 353 g/mol. The van der Waals surface area contributed by atoms with Crippen molar-refractivity contribution in [2.24, 2.45) is 0 Å². The molecule has 1 aromatic carbocycles. The lowest BCUT2D eigenvalue weighted by Crippen LogP contribution is -2.36. The molecule has 0 aliphatic carbocycles. The van der Waals surface area contributed by atoms with E-state index in [-0.39, 0.29) is 17.6 Å². The third-order valence-corrected chi connectivity index (χ3v) is 4.10. The number of likely N-dealkylation sites (tertiary alicyclic amines) is 1. The highest BCUT2D eigenvalue weighted by molar-refractivity contribution is 5.69. The summed E-state index contributed by atoms with van der Waals surface area (Å²) >= 11 is 0. The average molecular weight is 377 g/mol. The number of amides is 1. The number of ether oxygens (including phenoxy) is 2. The lowest BCUT2D eigenvalue weighted by molar-refractivity contribution is 0.0199. The third kappa shape index (κ3) is 4.20. The maximum atomic E-state index is 14.1. The van der Waals surface area contributed by atoms with Gasteiger partial charge in [0.2, 0.25) is 11.7 Å². The molecule has 3 rings (SSSR count). The van der Waals surface area contributed by atoms with E-state index in [1.807, 2.05) is 20.8 Å². The molecule has 1 aliphatic rings. The molecule has 0 bridgehead atoms. The predicted molar refractivity (Wildman–Crippen MR) is 95.8 cm³/mol. The fourth-order valence-electron chi connectivity index (χ4n) is 3.02. The molecule has 27 heavy (non-hydrogen) atoms. The summed E-state index contributed by atoms with van der Waals surface area (Å²) in [6.45, 7) is 8.10. The quantitative estimate of drug-likeness (QED) is 0.788. The number of carbonyl (C=O) groups is 1. The van der Waals surface area contributed by atoms with Gasteiger partial charge in [0.15, 0.2) is 11.6 Å². The van der Waals surface area contributed by atoms with E-state index in [0.717, 1.165) is 6.42 Å². The molecule has 1 aromatic heterocycles. The SMILES string of the molecule is CCOc1c(F)cccc1-c1noc(C2CCCN2C(=O)OC(C)(C)C)n1. The Morgan fingerprint density at radius 2 is 2.19 bits per heavy atom. The van der Waals surface area contributed by atoms with Crippen molar-refractivity contribution in [2.45, 2.75) is 52.2 Å². The molecule has 0 N–H and O–H groups in total. The van der Waals surface area contributed by atoms with Gasteiger partial charge in [0.25, 0.3) is 0 Å². The van der Waals surface area contributed by atoms with E-state index in [0.29, 0.717) is 31.0 Å². The van der Waals surface area contributed by atoms with Crippen LogP contribution in [0.3, 0.4) is 0 Å². The number of hydrogen-bond donors (Lipinski definition) is 0. The lowest BCUT2D eigenvalue weighted by Gasteiger charge is -2.26. The molecule has 1 aliphatic heterocycles. The van der Waals surface area contributed by atoms with Crippen LogP contribution in [0.25, 0.3) is 11.4 Å². The Morgan fingerprint density at radius 1 is 1.41 bits per heavy atom. The van der Waals surface area contributed by atoms with Crippen LogP contribution in [-0.2, 0) is 4.74 Å². The Morgan fingerprint density at radius 3 is 2.89 bits per heavy atom. The van der Waals surface area contributed by atoms with Crippen molar-refractivity contribution in [1.29, 1.82) is 0 Å². The summed E-state index contributed by atoms with van der Waals surface area (Å²) in [4.78, 5) is 18.4. The zero-order valence-corrected chi connectivity index (χ0v) is 16.0. The Bertz CT molecular complexity index is 816. The Labute approximate surface area is 157 Å². The number of rotatable bonds is 4. The number of para-hydroxylation sites is 1. The van der Waals surface area contributed by atoms with Gasteiger partial charge in [0.1, 0.15) is 11.6 Å². The molecule has 0 spiro atoms. The molecule has 2 heterocycles. The largest absolute Gasteiger partial charge is 0.490 e. The number of nitrogens with zero attached hydrogens (tertiary/aromatic N) is 3. The normalized spacial score (nSPS) is 17.2. The highest BCUT2D eigenvalue weighted by atomic mass is 19.1. The van der Waals surface area contributed by atoms with E-state index in [2.05, 4.69) is 10.1 Å². The van der Waals surface area contributed by atoms with Crippen LogP contribution in [-0.4, -0.2) is 39.9 Å². The minimum Gasteiger partial charge on any atom is -0.490 e. The summed E-state index contributed by atoms with van der Waals surface area (Å²) in [6.07, 6.45) is 1.10. The van der Waals surface area contributed by atoms with E-state index in [1.165, 1.54) is 6.07 Å². The summed E-state index contributed by atoms with van der Waals surface area (Å²) in [5.74, 6) is 0.128. The minimum absolute atomic E-state index is 0.0859. The Hall–Kier alpha value is -2.64. The maximum Gasteiger partial charge on any atom is 0.410 e. The Balaban J connectivity index is 1.86. The number of aromatic nitrogens is 2. The van der Waals surface area contributed by atoms with Gasteiger partial charge < -0.3 is 14.0 Å². The molecule has 1 amide bonds. The van der Waals surface area contributed by atoms with Crippen molar-refractivity contribution in [1.82, 2.24) is 15.0 Å². The maximum absolute atomic E-state index is 14.1. The van der Waals surface area contributed by atoms with Crippen LogP contribution < -0.4 is 4.74 Å². The summed E-state index contributed by atoms with van der Waals surface area (Å²) in [7, 11) is 0. The first-order valence-electron chi connectivity index (χ1n) is 9.05. The van der Waals surface area contributed by atoms with Crippen LogP contribution in [0.5, 0.6) is 5.75 Å². The van der Waals surface area contributed by atoms with Gasteiger partial charge in [-0.2, -0.15) is 4.98 Å². The molecule has 8 heteroatoms. The molecule has 0 radical (unpaired) electrons. The summed E-state index contributed by atoms with van der Waals surface area (Å²) < 4.78 is 30.3. The minimum atomic E-state index is -0.585. The number of carbonyl (C=O) groups excluding carboxylic acids is 1. The third-order valence-electron chi connectivity index (χ3n) is 4.10. The molecule has 1 unspecified atom stereocenters. The second kappa shape index (κ2) is 7.54. The number of benzene rings is 1. The highest BCUT2D eigenvalue weighted by Crippen LogP contribution is 2.35. The van der Waals surface area contributed by atoms with Crippen LogP contribution in [0.2, 0.25) is 0 Å². The first kappa shape index (κ1) is 19.1. The van der Waals surface area contributed by atoms with Gasteiger partial charge in [-0.25, -0.2) is 9.18 Å². The van der Waals surface area contributed by atoms with Gasteiger partial charge in [-0.3, -0.25) is 4.90 Å². The van der Waals surface area contributed by atoms with Crippen molar-refractivity contribution in [3.05, 3.63) is 29.9 Å². The van der Waals surface area contributed by atoms with Crippen LogP contribution in [0.15, 0.2) is 22.7 Å². The van der Waals surface area contributed by atoms with E-state index in [9.17, 15) is 9.18 Å². The lowest BCUT2D eigenvalue weighted by atomic mass is 10.1. The molecule has 1 saturated heterocycles. The standard InChI is InChI=1S/C19H24FN3O4/c1-5-25-15-12(8-6-9-13(15)20)16-21-17(27-22-16)14-10-7-11-23(14)18(24)26-19(2,3)4/h6,8-9,14H,5,7,10-11H2,1-4H3. The van der Waals surface area contributed by atoms with E-state index >= 15 is 0 Å². The van der Waals surface area contributed by atoms with E-state index in [4.69, 9.17) is 14.0 Å². The van der Waals surface area contributed by atoms with E-state index in [1.54, 1.807) is 24.0 Å². The zero-order valence-electron chi connectivity index (χ0n) is 16.0. The molecule has 2 aromatic rings. The Kier molecular flexibility index (Phi) is 5.34. The van der Waals surface area contributed by atoms with Crippen LogP contribution in [0.4, 0.5) is 9.18 Å². The summed E-state index contributed by atoms with van der Waals surface area (Å²) in [5.41, 5.74) is -0.174. The fraction of sp³-hybridized carbons (Fsp3) is 0.526. The first-order chi connectivity index (χ1) is 12.8. The first-order valence-corrected chi connectivity index (χ1v) is 9.05. The molecule has 7 nitrogen and oxygen atoms in total. The summed E-state index contributed by atoms with van der Waals surface area (Å²) in [5, 5.41) is 3.97. The molecule has 1 fully saturated rings. The van der Waals surface area contributed by atoms with Crippen molar-refractivity contribution in [3.8, 4) is 17.1 Å². The topological polar surface area (TPSA) is 77.7 Å². The van der Waals surface area contributed by atoms with Gasteiger partial charge >= 0.3 is 6.09 Å². The van der Waals surface area contributed by atoms with Crippen LogP contribution in [0.1, 0.15) is 52.5 Å². The van der Waals surface area contributed by atoms with Gasteiger partial charge in [-0.05, 0) is 52.7 Å². The van der Waals surface area contributed by atoms with Gasteiger partial charge in [0, 0.05) is 6.54 Å². The van der Waals surface area contributed by atoms with Crippen LogP contribution in [0, 0.1) is 5.82 Å². The number of hydrogen-bond acceptors (Lipinski definition) is 6.